The molecule has 2 aromatic carbocycles. The first-order valence-corrected chi connectivity index (χ1v) is 8.61. The topological polar surface area (TPSA) is 33.2 Å². The van der Waals surface area contributed by atoms with Gasteiger partial charge in [-0.2, -0.15) is 0 Å². The van der Waals surface area contributed by atoms with E-state index in [1.54, 1.807) is 11.1 Å². The van der Waals surface area contributed by atoms with Gasteiger partial charge in [0.25, 0.3) is 0 Å². The lowest BCUT2D eigenvalue weighted by atomic mass is 9.94. The summed E-state index contributed by atoms with van der Waals surface area (Å²) < 4.78 is 0. The zero-order valence-electron chi connectivity index (χ0n) is 14.4. The van der Waals surface area contributed by atoms with E-state index in [9.17, 15) is 4.79 Å². The van der Waals surface area contributed by atoms with E-state index in [-0.39, 0.29) is 11.8 Å². The summed E-state index contributed by atoms with van der Waals surface area (Å²) in [7, 11) is 0. The van der Waals surface area contributed by atoms with Gasteiger partial charge in [0.1, 0.15) is 5.82 Å². The van der Waals surface area contributed by atoms with Crippen molar-refractivity contribution in [1.29, 1.82) is 0 Å². The molecule has 3 heteroatoms. The van der Waals surface area contributed by atoms with Crippen molar-refractivity contribution in [1.82, 2.24) is 4.98 Å². The van der Waals surface area contributed by atoms with Crippen LogP contribution in [0.15, 0.2) is 85.1 Å². The molecular weight excluding hydrogens is 308 g/mol. The van der Waals surface area contributed by atoms with Crippen molar-refractivity contribution in [2.75, 3.05) is 4.90 Å². The van der Waals surface area contributed by atoms with Crippen molar-refractivity contribution in [2.24, 2.45) is 0 Å². The summed E-state index contributed by atoms with van der Waals surface area (Å²) in [5.41, 5.74) is 2.13. The lowest BCUT2D eigenvalue weighted by Gasteiger charge is -2.26. The smallest absolute Gasteiger partial charge is 0.235 e. The van der Waals surface area contributed by atoms with E-state index < -0.39 is 0 Å². The van der Waals surface area contributed by atoms with Gasteiger partial charge in [0, 0.05) is 6.20 Å². The molecule has 1 heterocycles. The van der Waals surface area contributed by atoms with E-state index in [0.717, 1.165) is 17.5 Å². The third-order valence-electron chi connectivity index (χ3n) is 4.28. The molecule has 1 unspecified atom stereocenters. The quantitative estimate of drug-likeness (QED) is 0.650. The number of rotatable bonds is 6. The van der Waals surface area contributed by atoms with Crippen LogP contribution >= 0.6 is 0 Å². The molecule has 0 spiro atoms. The summed E-state index contributed by atoms with van der Waals surface area (Å²) in [4.78, 5) is 19.6. The monoisotopic (exact) mass is 330 g/mol. The van der Waals surface area contributed by atoms with Gasteiger partial charge in [0.2, 0.25) is 5.91 Å². The second kappa shape index (κ2) is 8.25. The zero-order chi connectivity index (χ0) is 17.5. The summed E-state index contributed by atoms with van der Waals surface area (Å²) in [6.07, 6.45) is 2.48. The van der Waals surface area contributed by atoms with E-state index in [2.05, 4.69) is 11.9 Å². The highest BCUT2D eigenvalue weighted by Crippen LogP contribution is 2.25. The van der Waals surface area contributed by atoms with Crippen molar-refractivity contribution in [3.63, 3.8) is 0 Å². The molecule has 1 aromatic heterocycles. The predicted molar refractivity (Wildman–Crippen MR) is 101 cm³/mol. The van der Waals surface area contributed by atoms with Crippen LogP contribution in [0.5, 0.6) is 0 Å². The Bertz CT molecular complexity index is 788. The maximum Gasteiger partial charge on any atom is 0.235 e. The number of amides is 1. The molecule has 25 heavy (non-hydrogen) atoms. The maximum atomic E-state index is 13.4. The largest absolute Gasteiger partial charge is 0.292 e. The maximum absolute atomic E-state index is 13.4. The normalized spacial score (nSPS) is 11.7. The van der Waals surface area contributed by atoms with Gasteiger partial charge < -0.3 is 0 Å². The van der Waals surface area contributed by atoms with Crippen LogP contribution in [0.4, 0.5) is 5.82 Å². The second-order valence-corrected chi connectivity index (χ2v) is 5.97. The first-order valence-electron chi connectivity index (χ1n) is 8.61. The van der Waals surface area contributed by atoms with Crippen molar-refractivity contribution in [3.8, 4) is 0 Å². The fourth-order valence-corrected chi connectivity index (χ4v) is 2.98. The number of hydrogen-bond donors (Lipinski definition) is 0. The molecular formula is C22H22N2O. The Kier molecular flexibility index (Phi) is 5.57. The van der Waals surface area contributed by atoms with Gasteiger partial charge in [-0.05, 0) is 29.7 Å². The van der Waals surface area contributed by atoms with Gasteiger partial charge in [0.15, 0.2) is 0 Å². The average Bonchev–Trinajstić information content (AvgIpc) is 2.69. The number of anilines is 1. The predicted octanol–water partition coefficient (Wildman–Crippen LogP) is 4.81. The Morgan fingerprint density at radius 1 is 0.920 bits per heavy atom. The van der Waals surface area contributed by atoms with Crippen LogP contribution < -0.4 is 4.90 Å². The Labute approximate surface area is 149 Å². The number of hydrogen-bond acceptors (Lipinski definition) is 2. The number of benzene rings is 2. The third-order valence-corrected chi connectivity index (χ3v) is 4.28. The van der Waals surface area contributed by atoms with Crippen LogP contribution in [0.3, 0.4) is 0 Å². The molecule has 0 saturated heterocycles. The van der Waals surface area contributed by atoms with Crippen LogP contribution in [0, 0.1) is 0 Å². The first kappa shape index (κ1) is 16.9. The Morgan fingerprint density at radius 3 is 2.16 bits per heavy atom. The fraction of sp³-hybridized carbons (Fsp3) is 0.182. The SMILES string of the molecule is CCC(C(=O)N(Cc1ccccc1)c1ccccn1)c1ccccc1. The lowest BCUT2D eigenvalue weighted by molar-refractivity contribution is -0.120. The van der Waals surface area contributed by atoms with Gasteiger partial charge in [-0.3, -0.25) is 9.69 Å². The molecule has 0 bridgehead atoms. The molecule has 0 radical (unpaired) electrons. The summed E-state index contributed by atoms with van der Waals surface area (Å²) in [6, 6.07) is 25.7. The minimum absolute atomic E-state index is 0.0799. The second-order valence-electron chi connectivity index (χ2n) is 5.97. The Hall–Kier alpha value is -2.94. The average molecular weight is 330 g/mol. The van der Waals surface area contributed by atoms with Crippen LogP contribution in [0.25, 0.3) is 0 Å². The molecule has 0 aliphatic heterocycles. The molecule has 0 aliphatic carbocycles. The lowest BCUT2D eigenvalue weighted by Crippen LogP contribution is -2.35. The van der Waals surface area contributed by atoms with E-state index in [0.29, 0.717) is 12.4 Å². The molecule has 0 saturated carbocycles. The highest BCUT2D eigenvalue weighted by molar-refractivity contribution is 5.97. The highest BCUT2D eigenvalue weighted by Gasteiger charge is 2.26. The van der Waals surface area contributed by atoms with Gasteiger partial charge in [-0.1, -0.05) is 73.7 Å². The Balaban J connectivity index is 1.94. The molecule has 0 N–H and O–H groups in total. The van der Waals surface area contributed by atoms with Crippen molar-refractivity contribution in [3.05, 3.63) is 96.2 Å². The number of pyridine rings is 1. The van der Waals surface area contributed by atoms with Crippen LogP contribution in [-0.2, 0) is 11.3 Å². The van der Waals surface area contributed by atoms with Crippen LogP contribution in [0.1, 0.15) is 30.4 Å². The molecule has 3 aromatic rings. The minimum Gasteiger partial charge on any atom is -0.292 e. The summed E-state index contributed by atoms with van der Waals surface area (Å²) >= 11 is 0. The molecule has 1 amide bonds. The number of carbonyl (C=O) groups excluding carboxylic acids is 1. The Morgan fingerprint density at radius 2 is 1.56 bits per heavy atom. The standard InChI is InChI=1S/C22H22N2O/c1-2-20(19-13-7-4-8-14-19)22(25)24(21-15-9-10-16-23-21)17-18-11-5-3-6-12-18/h3-16,20H,2,17H2,1H3. The van der Waals surface area contributed by atoms with Gasteiger partial charge in [-0.25, -0.2) is 4.98 Å². The molecule has 0 aliphatic rings. The molecule has 0 fully saturated rings. The zero-order valence-corrected chi connectivity index (χ0v) is 14.4. The van der Waals surface area contributed by atoms with Gasteiger partial charge in [0.05, 0.1) is 12.5 Å². The molecule has 1 atom stereocenters. The minimum atomic E-state index is -0.174. The number of aromatic nitrogens is 1. The van der Waals surface area contributed by atoms with Crippen molar-refractivity contribution < 1.29 is 4.79 Å². The van der Waals surface area contributed by atoms with Gasteiger partial charge >= 0.3 is 0 Å². The molecule has 3 nitrogen and oxygen atoms in total. The highest BCUT2D eigenvalue weighted by atomic mass is 16.2. The van der Waals surface area contributed by atoms with E-state index in [1.807, 2.05) is 78.9 Å². The van der Waals surface area contributed by atoms with E-state index >= 15 is 0 Å². The fourth-order valence-electron chi connectivity index (χ4n) is 2.98. The van der Waals surface area contributed by atoms with Crippen molar-refractivity contribution >= 4 is 11.7 Å². The van der Waals surface area contributed by atoms with Crippen molar-refractivity contribution in [2.45, 2.75) is 25.8 Å². The first-order chi connectivity index (χ1) is 12.3. The summed E-state index contributed by atoms with van der Waals surface area (Å²) in [5.74, 6) is 0.592. The third kappa shape index (κ3) is 4.13. The summed E-state index contributed by atoms with van der Waals surface area (Å²) in [6.45, 7) is 2.56. The van der Waals surface area contributed by atoms with Crippen LogP contribution in [-0.4, -0.2) is 10.9 Å². The van der Waals surface area contributed by atoms with E-state index in [1.165, 1.54) is 0 Å². The van der Waals surface area contributed by atoms with E-state index in [4.69, 9.17) is 0 Å². The molecule has 3 rings (SSSR count). The van der Waals surface area contributed by atoms with Crippen LogP contribution in [0.2, 0.25) is 0 Å². The summed E-state index contributed by atoms with van der Waals surface area (Å²) in [5, 5.41) is 0. The molecule has 126 valence electrons. The number of carbonyl (C=O) groups is 1. The van der Waals surface area contributed by atoms with Gasteiger partial charge in [-0.15, -0.1) is 0 Å². The number of nitrogens with zero attached hydrogens (tertiary/aromatic N) is 2.